The Hall–Kier alpha value is -1.05. The van der Waals surface area contributed by atoms with Gasteiger partial charge < -0.3 is 0 Å². The summed E-state index contributed by atoms with van der Waals surface area (Å²) in [6.07, 6.45) is -0.299. The van der Waals surface area contributed by atoms with Crippen molar-refractivity contribution in [2.24, 2.45) is 0 Å². The average molecular weight is 320 g/mol. The fraction of sp³-hybridized carbons (Fsp3) is 0.417. The van der Waals surface area contributed by atoms with Crippen LogP contribution < -0.4 is 4.72 Å². The van der Waals surface area contributed by atoms with Crippen molar-refractivity contribution in [3.63, 3.8) is 0 Å². The molecule has 0 bridgehead atoms. The molecule has 3 rings (SSSR count). The Labute approximate surface area is 121 Å². The molecule has 2 heterocycles. The summed E-state index contributed by atoms with van der Waals surface area (Å²) in [5.74, 6) is 0. The zero-order chi connectivity index (χ0) is 14.5. The van der Waals surface area contributed by atoms with Crippen molar-refractivity contribution >= 4 is 28.1 Å². The van der Waals surface area contributed by atoms with E-state index in [1.54, 1.807) is 23.7 Å². The van der Waals surface area contributed by atoms with Gasteiger partial charge in [0.2, 0.25) is 0 Å². The van der Waals surface area contributed by atoms with Gasteiger partial charge in [-0.15, -0.1) is 0 Å². The molecule has 0 radical (unpaired) electrons. The number of nitrogens with one attached hydrogen (secondary N) is 1. The third-order valence-electron chi connectivity index (χ3n) is 3.48. The van der Waals surface area contributed by atoms with Gasteiger partial charge in [-0.1, -0.05) is 11.6 Å². The quantitative estimate of drug-likeness (QED) is 0.881. The molecule has 2 aromatic heterocycles. The molecule has 0 spiro atoms. The zero-order valence-corrected chi connectivity index (χ0v) is 12.1. The van der Waals surface area contributed by atoms with E-state index in [9.17, 15) is 13.0 Å². The Morgan fingerprint density at radius 2 is 2.20 bits per heavy atom. The summed E-state index contributed by atoms with van der Waals surface area (Å²) in [6.45, 7) is 1.80. The molecule has 0 saturated heterocycles. The van der Waals surface area contributed by atoms with Crippen LogP contribution in [-0.2, 0) is 11.0 Å². The van der Waals surface area contributed by atoms with E-state index < -0.39 is 22.9 Å². The minimum Gasteiger partial charge on any atom is -0.289 e. The maximum Gasteiger partial charge on any atom is 0.257 e. The topological polar surface area (TPSA) is 46.4 Å². The monoisotopic (exact) mass is 319 g/mol. The van der Waals surface area contributed by atoms with Crippen LogP contribution in [0.25, 0.3) is 5.52 Å². The molecule has 1 atom stereocenters. The molecule has 1 fully saturated rings. The SMILES string of the molecule is Cc1ncn2c(Cl)cc(S(=O)NC3(C(F)F)CC3)cc12. The molecule has 1 aliphatic rings. The van der Waals surface area contributed by atoms with Gasteiger partial charge in [0.25, 0.3) is 6.43 Å². The van der Waals surface area contributed by atoms with Gasteiger partial charge in [0.15, 0.2) is 0 Å². The molecule has 4 nitrogen and oxygen atoms in total. The van der Waals surface area contributed by atoms with Gasteiger partial charge in [0.05, 0.1) is 21.6 Å². The first-order valence-electron chi connectivity index (χ1n) is 6.04. The van der Waals surface area contributed by atoms with Crippen molar-refractivity contribution in [1.82, 2.24) is 14.1 Å². The molecule has 2 aromatic rings. The van der Waals surface area contributed by atoms with Gasteiger partial charge in [-0.3, -0.25) is 4.40 Å². The maximum absolute atomic E-state index is 12.9. The van der Waals surface area contributed by atoms with E-state index in [2.05, 4.69) is 9.71 Å². The fourth-order valence-electron chi connectivity index (χ4n) is 2.00. The fourth-order valence-corrected chi connectivity index (χ4v) is 3.54. The number of fused-ring (bicyclic) bond motifs is 1. The minimum atomic E-state index is -2.53. The van der Waals surface area contributed by atoms with Gasteiger partial charge in [0.1, 0.15) is 22.5 Å². The molecular formula is C12H12ClF2N3OS. The Bertz CT molecular complexity index is 699. The molecule has 1 N–H and O–H groups in total. The molecule has 0 aromatic carbocycles. The van der Waals surface area contributed by atoms with Crippen LogP contribution in [0.5, 0.6) is 0 Å². The van der Waals surface area contributed by atoms with Gasteiger partial charge in [0, 0.05) is 0 Å². The summed E-state index contributed by atoms with van der Waals surface area (Å²) in [7, 11) is -1.73. The number of imidazole rings is 1. The van der Waals surface area contributed by atoms with E-state index in [4.69, 9.17) is 11.6 Å². The van der Waals surface area contributed by atoms with E-state index in [1.807, 2.05) is 0 Å². The van der Waals surface area contributed by atoms with Gasteiger partial charge in [-0.2, -0.15) is 0 Å². The number of hydrogen-bond donors (Lipinski definition) is 1. The van der Waals surface area contributed by atoms with Crippen molar-refractivity contribution in [1.29, 1.82) is 0 Å². The van der Waals surface area contributed by atoms with Crippen LogP contribution in [0.1, 0.15) is 18.5 Å². The summed E-state index contributed by atoms with van der Waals surface area (Å²) in [6, 6.07) is 3.15. The number of rotatable bonds is 4. The second-order valence-electron chi connectivity index (χ2n) is 4.93. The van der Waals surface area contributed by atoms with Crippen LogP contribution in [0.15, 0.2) is 23.4 Å². The molecule has 1 unspecified atom stereocenters. The minimum absolute atomic E-state index is 0.331. The summed E-state index contributed by atoms with van der Waals surface area (Å²) < 4.78 is 42.1. The Kier molecular flexibility index (Phi) is 3.30. The van der Waals surface area contributed by atoms with Crippen LogP contribution in [-0.4, -0.2) is 25.6 Å². The molecule has 1 aliphatic carbocycles. The first kappa shape index (κ1) is 13.9. The summed E-state index contributed by atoms with van der Waals surface area (Å²) in [4.78, 5) is 4.48. The highest BCUT2D eigenvalue weighted by Crippen LogP contribution is 2.41. The summed E-state index contributed by atoms with van der Waals surface area (Å²) in [5.41, 5.74) is 0.143. The molecule has 8 heteroatoms. The number of hydrogen-bond acceptors (Lipinski definition) is 2. The van der Waals surface area contributed by atoms with Gasteiger partial charge in [-0.25, -0.2) is 22.7 Å². The van der Waals surface area contributed by atoms with Gasteiger partial charge in [-0.05, 0) is 31.9 Å². The van der Waals surface area contributed by atoms with E-state index in [0.717, 1.165) is 5.69 Å². The number of alkyl halides is 2. The smallest absolute Gasteiger partial charge is 0.257 e. The molecule has 0 aliphatic heterocycles. The van der Waals surface area contributed by atoms with Crippen LogP contribution in [0, 0.1) is 6.92 Å². The van der Waals surface area contributed by atoms with Crippen molar-refractivity contribution in [2.75, 3.05) is 0 Å². The largest absolute Gasteiger partial charge is 0.289 e. The predicted molar refractivity (Wildman–Crippen MR) is 72.5 cm³/mol. The second-order valence-corrected chi connectivity index (χ2v) is 6.53. The highest BCUT2D eigenvalue weighted by molar-refractivity contribution is 7.83. The summed E-state index contributed by atoms with van der Waals surface area (Å²) in [5, 5.41) is 0.343. The third-order valence-corrected chi connectivity index (χ3v) is 5.03. The number of aryl methyl sites for hydroxylation is 1. The molecular weight excluding hydrogens is 308 g/mol. The lowest BCUT2D eigenvalue weighted by atomic mass is 10.3. The van der Waals surface area contributed by atoms with Crippen LogP contribution >= 0.6 is 11.6 Å². The van der Waals surface area contributed by atoms with Crippen molar-refractivity contribution in [2.45, 2.75) is 36.6 Å². The number of nitrogens with zero attached hydrogens (tertiary/aromatic N) is 2. The first-order valence-corrected chi connectivity index (χ1v) is 7.57. The number of aromatic nitrogens is 2. The highest BCUT2D eigenvalue weighted by atomic mass is 35.5. The second kappa shape index (κ2) is 4.75. The van der Waals surface area contributed by atoms with Crippen LogP contribution in [0.2, 0.25) is 5.15 Å². The normalized spacial score (nSPS) is 18.6. The lowest BCUT2D eigenvalue weighted by Gasteiger charge is -2.15. The maximum atomic E-state index is 12.9. The zero-order valence-electron chi connectivity index (χ0n) is 10.6. The van der Waals surface area contributed by atoms with Crippen LogP contribution in [0.4, 0.5) is 8.78 Å². The predicted octanol–water partition coefficient (Wildman–Crippen LogP) is 2.71. The standard InChI is InChI=1S/C12H12ClF2N3OS/c1-7-9-4-8(5-10(13)18(9)6-16-7)20(19)17-12(2-3-12)11(14)15/h4-6,11,17H,2-3H2,1H3. The number of pyridine rings is 1. The first-order chi connectivity index (χ1) is 9.43. The molecule has 1 saturated carbocycles. The Morgan fingerprint density at radius 1 is 1.50 bits per heavy atom. The van der Waals surface area contributed by atoms with E-state index in [-0.39, 0.29) is 0 Å². The van der Waals surface area contributed by atoms with Crippen molar-refractivity contribution in [3.8, 4) is 0 Å². The average Bonchev–Trinajstić information content (AvgIpc) is 3.08. The van der Waals surface area contributed by atoms with Crippen molar-refractivity contribution < 1.29 is 13.0 Å². The third kappa shape index (κ3) is 2.23. The molecule has 0 amide bonds. The van der Waals surface area contributed by atoms with E-state index >= 15 is 0 Å². The Morgan fingerprint density at radius 3 is 2.80 bits per heavy atom. The van der Waals surface area contributed by atoms with Crippen molar-refractivity contribution in [3.05, 3.63) is 29.3 Å². The van der Waals surface area contributed by atoms with E-state index in [1.165, 1.54) is 6.07 Å². The molecule has 108 valence electrons. The number of halogens is 3. The lowest BCUT2D eigenvalue weighted by Crippen LogP contribution is -2.39. The molecule has 20 heavy (non-hydrogen) atoms. The van der Waals surface area contributed by atoms with E-state index in [0.29, 0.717) is 28.4 Å². The summed E-state index contributed by atoms with van der Waals surface area (Å²) >= 11 is 6.08. The lowest BCUT2D eigenvalue weighted by molar-refractivity contribution is 0.0978. The Balaban J connectivity index is 1.94. The van der Waals surface area contributed by atoms with Crippen LogP contribution in [0.3, 0.4) is 0 Å². The van der Waals surface area contributed by atoms with Gasteiger partial charge >= 0.3 is 0 Å². The highest BCUT2D eigenvalue weighted by Gasteiger charge is 2.52.